The number of nitrogens with one attached hydrogen (secondary N) is 1. The molecule has 2 rings (SSSR count). The summed E-state index contributed by atoms with van der Waals surface area (Å²) in [6.07, 6.45) is -4.10. The second kappa shape index (κ2) is 8.81. The molecule has 26 heavy (non-hydrogen) atoms. The van der Waals surface area contributed by atoms with Gasteiger partial charge in [-0.15, -0.1) is 0 Å². The normalized spacial score (nSPS) is 13.6. The Labute approximate surface area is 151 Å². The molecule has 0 fully saturated rings. The lowest BCUT2D eigenvalue weighted by Crippen LogP contribution is -2.34. The van der Waals surface area contributed by atoms with Crippen molar-refractivity contribution in [3.05, 3.63) is 71.3 Å². The van der Waals surface area contributed by atoms with E-state index in [-0.39, 0.29) is 24.1 Å². The van der Waals surface area contributed by atoms with Crippen molar-refractivity contribution in [1.29, 1.82) is 0 Å². The summed E-state index contributed by atoms with van der Waals surface area (Å²) < 4.78 is 75.8. The van der Waals surface area contributed by atoms with Gasteiger partial charge in [0.25, 0.3) is 0 Å². The van der Waals surface area contributed by atoms with E-state index in [0.717, 1.165) is 17.7 Å². The summed E-state index contributed by atoms with van der Waals surface area (Å²) in [6, 6.07) is 13.2. The Kier molecular flexibility index (Phi) is 7.00. The average Bonchev–Trinajstić information content (AvgIpc) is 2.57. The van der Waals surface area contributed by atoms with Crippen molar-refractivity contribution in [2.45, 2.75) is 30.7 Å². The monoisotopic (exact) mass is 393 g/mol. The predicted molar refractivity (Wildman–Crippen MR) is 90.7 cm³/mol. The molecule has 1 N–H and O–H groups in total. The minimum atomic E-state index is -4.45. The molecule has 0 aromatic heterocycles. The van der Waals surface area contributed by atoms with Crippen LogP contribution in [0, 0.1) is 0 Å². The highest BCUT2D eigenvalue weighted by Gasteiger charge is 2.31. The van der Waals surface area contributed by atoms with Crippen LogP contribution in [0.15, 0.2) is 54.6 Å². The first-order valence-corrected chi connectivity index (χ1v) is 8.76. The molecule has 0 saturated heterocycles. The van der Waals surface area contributed by atoms with Crippen molar-refractivity contribution < 1.29 is 26.3 Å². The van der Waals surface area contributed by atoms with Gasteiger partial charge in [-0.25, -0.2) is 0 Å². The number of alkyl halides is 6. The Morgan fingerprint density at radius 3 is 2.12 bits per heavy atom. The van der Waals surface area contributed by atoms with Crippen molar-refractivity contribution in [2.75, 3.05) is 5.75 Å². The largest absolute Gasteiger partial charge is 0.441 e. The second-order valence-electron chi connectivity index (χ2n) is 5.72. The number of hydrogen-bond acceptors (Lipinski definition) is 2. The SMILES string of the molecule is FC(F)(F)SCC(Cc1ccccc1)NCc1cccc(C(F)(F)F)c1. The zero-order chi connectivity index (χ0) is 19.2. The van der Waals surface area contributed by atoms with Crippen LogP contribution in [0.5, 0.6) is 0 Å². The molecule has 142 valence electrons. The van der Waals surface area contributed by atoms with Crippen molar-refractivity contribution in [3.63, 3.8) is 0 Å². The van der Waals surface area contributed by atoms with Crippen molar-refractivity contribution in [2.24, 2.45) is 0 Å². The molecule has 1 atom stereocenters. The third-order valence-corrected chi connectivity index (χ3v) is 4.52. The van der Waals surface area contributed by atoms with Crippen LogP contribution in [0.3, 0.4) is 0 Å². The first-order chi connectivity index (χ1) is 12.1. The smallest absolute Gasteiger partial charge is 0.309 e. The zero-order valence-corrected chi connectivity index (χ0v) is 14.4. The molecule has 2 aromatic carbocycles. The van der Waals surface area contributed by atoms with Gasteiger partial charge in [0.1, 0.15) is 0 Å². The third-order valence-electron chi connectivity index (χ3n) is 3.62. The Morgan fingerprint density at radius 2 is 1.50 bits per heavy atom. The molecule has 0 aliphatic rings. The fraction of sp³-hybridized carbons (Fsp3) is 0.333. The fourth-order valence-corrected chi connectivity index (χ4v) is 3.03. The van der Waals surface area contributed by atoms with Gasteiger partial charge in [-0.2, -0.15) is 26.3 Å². The summed E-state index contributed by atoms with van der Waals surface area (Å²) in [5, 5.41) is 2.95. The van der Waals surface area contributed by atoms with Gasteiger partial charge in [0.2, 0.25) is 0 Å². The molecule has 0 aliphatic carbocycles. The topological polar surface area (TPSA) is 12.0 Å². The Bertz CT molecular complexity index is 684. The van der Waals surface area contributed by atoms with E-state index in [2.05, 4.69) is 5.32 Å². The maximum Gasteiger partial charge on any atom is 0.441 e. The molecule has 0 saturated carbocycles. The maximum atomic E-state index is 12.8. The van der Waals surface area contributed by atoms with Gasteiger partial charge in [0.15, 0.2) is 0 Å². The molecular formula is C18H17F6NS. The summed E-state index contributed by atoms with van der Waals surface area (Å²) in [5.74, 6) is -0.225. The summed E-state index contributed by atoms with van der Waals surface area (Å²) in [6.45, 7) is 0.0554. The van der Waals surface area contributed by atoms with E-state index in [1.165, 1.54) is 12.1 Å². The molecule has 1 nitrogen and oxygen atoms in total. The summed E-state index contributed by atoms with van der Waals surface area (Å²) in [4.78, 5) is 0. The second-order valence-corrected chi connectivity index (χ2v) is 6.81. The van der Waals surface area contributed by atoms with E-state index in [0.29, 0.717) is 12.0 Å². The molecule has 0 amide bonds. The van der Waals surface area contributed by atoms with Crippen molar-refractivity contribution in [1.82, 2.24) is 5.32 Å². The van der Waals surface area contributed by atoms with Crippen LogP contribution in [-0.2, 0) is 19.1 Å². The van der Waals surface area contributed by atoms with Gasteiger partial charge in [-0.3, -0.25) is 0 Å². The van der Waals surface area contributed by atoms with E-state index in [9.17, 15) is 26.3 Å². The number of halogens is 6. The Hall–Kier alpha value is -1.67. The average molecular weight is 393 g/mol. The van der Waals surface area contributed by atoms with Crippen LogP contribution in [-0.4, -0.2) is 17.3 Å². The molecule has 0 bridgehead atoms. The first-order valence-electron chi connectivity index (χ1n) is 7.77. The molecule has 1 unspecified atom stereocenters. The van der Waals surface area contributed by atoms with E-state index in [1.54, 1.807) is 30.3 Å². The van der Waals surface area contributed by atoms with Crippen LogP contribution in [0.25, 0.3) is 0 Å². The van der Waals surface area contributed by atoms with E-state index in [4.69, 9.17) is 0 Å². The van der Waals surface area contributed by atoms with Gasteiger partial charge in [-0.05, 0) is 35.4 Å². The van der Waals surface area contributed by atoms with Gasteiger partial charge in [0.05, 0.1) is 5.56 Å². The molecule has 0 heterocycles. The first kappa shape index (κ1) is 20.6. The molecule has 8 heteroatoms. The van der Waals surface area contributed by atoms with Crippen molar-refractivity contribution in [3.8, 4) is 0 Å². The fourth-order valence-electron chi connectivity index (χ4n) is 2.40. The zero-order valence-electron chi connectivity index (χ0n) is 13.6. The molecule has 0 aliphatic heterocycles. The van der Waals surface area contributed by atoms with Gasteiger partial charge in [-0.1, -0.05) is 48.5 Å². The maximum absolute atomic E-state index is 12.8. The number of benzene rings is 2. The summed E-state index contributed by atoms with van der Waals surface area (Å²) in [5.41, 5.74) is -3.90. The van der Waals surface area contributed by atoms with Gasteiger partial charge in [0, 0.05) is 18.3 Å². The number of thioether (sulfide) groups is 1. The summed E-state index contributed by atoms with van der Waals surface area (Å²) >= 11 is -0.139. The molecular weight excluding hydrogens is 376 g/mol. The quantitative estimate of drug-likeness (QED) is 0.610. The summed E-state index contributed by atoms with van der Waals surface area (Å²) in [7, 11) is 0. The van der Waals surface area contributed by atoms with Crippen LogP contribution < -0.4 is 5.32 Å². The van der Waals surface area contributed by atoms with Gasteiger partial charge >= 0.3 is 11.7 Å². The molecule has 2 aromatic rings. The molecule has 0 radical (unpaired) electrons. The van der Waals surface area contributed by atoms with Gasteiger partial charge < -0.3 is 5.32 Å². The molecule has 0 spiro atoms. The van der Waals surface area contributed by atoms with E-state index < -0.39 is 23.3 Å². The predicted octanol–water partition coefficient (Wildman–Crippen LogP) is 5.66. The van der Waals surface area contributed by atoms with Crippen LogP contribution in [0.2, 0.25) is 0 Å². The lowest BCUT2D eigenvalue weighted by Gasteiger charge is -2.20. The van der Waals surface area contributed by atoms with Crippen LogP contribution in [0.1, 0.15) is 16.7 Å². The van der Waals surface area contributed by atoms with E-state index >= 15 is 0 Å². The minimum Gasteiger partial charge on any atom is -0.309 e. The van der Waals surface area contributed by atoms with E-state index in [1.807, 2.05) is 0 Å². The highest BCUT2D eigenvalue weighted by atomic mass is 32.2. The van der Waals surface area contributed by atoms with Crippen molar-refractivity contribution >= 4 is 11.8 Å². The Morgan fingerprint density at radius 1 is 0.846 bits per heavy atom. The van der Waals surface area contributed by atoms with Crippen LogP contribution >= 0.6 is 11.8 Å². The highest BCUT2D eigenvalue weighted by molar-refractivity contribution is 8.00. The minimum absolute atomic E-state index is 0.0554. The van der Waals surface area contributed by atoms with Crippen LogP contribution in [0.4, 0.5) is 26.3 Å². The lowest BCUT2D eigenvalue weighted by atomic mass is 10.1. The Balaban J connectivity index is 2.03. The lowest BCUT2D eigenvalue weighted by molar-refractivity contribution is -0.137. The third kappa shape index (κ3) is 7.29. The standard InChI is InChI=1S/C18H17F6NS/c19-17(20,21)15-8-4-7-14(9-15)11-25-16(12-26-18(22,23)24)10-13-5-2-1-3-6-13/h1-9,16,25H,10-12H2. The number of rotatable bonds is 7. The highest BCUT2D eigenvalue weighted by Crippen LogP contribution is 2.31. The number of hydrogen-bond donors (Lipinski definition) is 1.